The smallest absolute Gasteiger partial charge is 0.227 e. The van der Waals surface area contributed by atoms with Gasteiger partial charge in [-0.05, 0) is 12.5 Å². The van der Waals surface area contributed by atoms with Crippen LogP contribution in [0.4, 0.5) is 0 Å². The van der Waals surface area contributed by atoms with Gasteiger partial charge in [0, 0.05) is 44.4 Å². The highest BCUT2D eigenvalue weighted by Gasteiger charge is 2.28. The molecule has 0 radical (unpaired) electrons. The SMILES string of the molecule is CCn1cnnc1-c1nn(C)c2c1CN(C(=O)Cc1ccccc1)CC2. The summed E-state index contributed by atoms with van der Waals surface area (Å²) in [4.78, 5) is 14.7. The van der Waals surface area contributed by atoms with Crippen LogP contribution in [0.25, 0.3) is 11.5 Å². The van der Waals surface area contributed by atoms with Gasteiger partial charge in [0.05, 0.1) is 6.42 Å². The zero-order valence-corrected chi connectivity index (χ0v) is 15.1. The van der Waals surface area contributed by atoms with Crippen LogP contribution < -0.4 is 0 Å². The molecule has 1 aromatic carbocycles. The summed E-state index contributed by atoms with van der Waals surface area (Å²) in [5.74, 6) is 0.912. The van der Waals surface area contributed by atoms with Crippen molar-refractivity contribution in [3.8, 4) is 11.5 Å². The number of fused-ring (bicyclic) bond motifs is 1. The molecule has 7 heteroatoms. The Hall–Kier alpha value is -2.96. The van der Waals surface area contributed by atoms with Crippen LogP contribution in [0.3, 0.4) is 0 Å². The first-order chi connectivity index (χ1) is 12.7. The monoisotopic (exact) mass is 350 g/mol. The average Bonchev–Trinajstić information content (AvgIpc) is 3.26. The van der Waals surface area contributed by atoms with Crippen LogP contribution in [0.2, 0.25) is 0 Å². The second-order valence-electron chi connectivity index (χ2n) is 6.57. The van der Waals surface area contributed by atoms with Crippen LogP contribution in [-0.2, 0) is 37.8 Å². The molecule has 0 spiro atoms. The minimum atomic E-state index is 0.147. The molecule has 2 aromatic heterocycles. The fourth-order valence-corrected chi connectivity index (χ4v) is 3.54. The normalized spacial score (nSPS) is 13.7. The summed E-state index contributed by atoms with van der Waals surface area (Å²) in [6, 6.07) is 9.88. The number of carbonyl (C=O) groups excluding carboxylic acids is 1. The molecule has 1 amide bonds. The van der Waals surface area contributed by atoms with Crippen molar-refractivity contribution in [2.24, 2.45) is 7.05 Å². The highest BCUT2D eigenvalue weighted by molar-refractivity contribution is 5.79. The molecule has 26 heavy (non-hydrogen) atoms. The zero-order chi connectivity index (χ0) is 18.1. The van der Waals surface area contributed by atoms with Gasteiger partial charge in [-0.25, -0.2) is 0 Å². The van der Waals surface area contributed by atoms with E-state index in [1.165, 1.54) is 5.69 Å². The number of aryl methyl sites for hydroxylation is 2. The highest BCUT2D eigenvalue weighted by Crippen LogP contribution is 2.28. The molecule has 0 atom stereocenters. The van der Waals surface area contributed by atoms with Gasteiger partial charge in [-0.3, -0.25) is 9.48 Å². The van der Waals surface area contributed by atoms with Gasteiger partial charge in [0.2, 0.25) is 5.91 Å². The number of carbonyl (C=O) groups is 1. The maximum absolute atomic E-state index is 12.8. The predicted molar refractivity (Wildman–Crippen MR) is 97.2 cm³/mol. The maximum Gasteiger partial charge on any atom is 0.227 e. The Labute approximate surface area is 152 Å². The predicted octanol–water partition coefficient (Wildman–Crippen LogP) is 1.83. The summed E-state index contributed by atoms with van der Waals surface area (Å²) in [5, 5.41) is 12.9. The third-order valence-corrected chi connectivity index (χ3v) is 4.96. The minimum absolute atomic E-state index is 0.147. The molecule has 0 bridgehead atoms. The highest BCUT2D eigenvalue weighted by atomic mass is 16.2. The van der Waals surface area contributed by atoms with Gasteiger partial charge in [-0.2, -0.15) is 5.10 Å². The number of aromatic nitrogens is 5. The number of benzene rings is 1. The number of hydrogen-bond acceptors (Lipinski definition) is 4. The van der Waals surface area contributed by atoms with E-state index >= 15 is 0 Å². The first-order valence-corrected chi connectivity index (χ1v) is 8.92. The lowest BCUT2D eigenvalue weighted by atomic mass is 10.0. The van der Waals surface area contributed by atoms with Crippen LogP contribution in [0.5, 0.6) is 0 Å². The first kappa shape index (κ1) is 16.5. The molecule has 0 saturated carbocycles. The minimum Gasteiger partial charge on any atom is -0.338 e. The van der Waals surface area contributed by atoms with Crippen molar-refractivity contribution in [1.29, 1.82) is 0 Å². The van der Waals surface area contributed by atoms with Crippen molar-refractivity contribution in [1.82, 2.24) is 29.4 Å². The van der Waals surface area contributed by atoms with Gasteiger partial charge in [0.1, 0.15) is 12.0 Å². The van der Waals surface area contributed by atoms with Crippen LogP contribution in [0, 0.1) is 0 Å². The fraction of sp³-hybridized carbons (Fsp3) is 0.368. The van der Waals surface area contributed by atoms with E-state index in [9.17, 15) is 4.79 Å². The van der Waals surface area contributed by atoms with Gasteiger partial charge >= 0.3 is 0 Å². The van der Waals surface area contributed by atoms with E-state index < -0.39 is 0 Å². The van der Waals surface area contributed by atoms with E-state index in [-0.39, 0.29) is 5.91 Å². The number of hydrogen-bond donors (Lipinski definition) is 0. The molecular formula is C19H22N6O. The van der Waals surface area contributed by atoms with Crippen LogP contribution >= 0.6 is 0 Å². The third-order valence-electron chi connectivity index (χ3n) is 4.96. The summed E-state index contributed by atoms with van der Waals surface area (Å²) < 4.78 is 3.89. The maximum atomic E-state index is 12.8. The second-order valence-corrected chi connectivity index (χ2v) is 6.57. The van der Waals surface area contributed by atoms with Crippen molar-refractivity contribution >= 4 is 5.91 Å². The van der Waals surface area contributed by atoms with E-state index in [1.54, 1.807) is 6.33 Å². The zero-order valence-electron chi connectivity index (χ0n) is 15.1. The molecule has 134 valence electrons. The van der Waals surface area contributed by atoms with Gasteiger partial charge in [0.15, 0.2) is 5.82 Å². The Morgan fingerprint density at radius 2 is 2.04 bits per heavy atom. The molecule has 3 aromatic rings. The first-order valence-electron chi connectivity index (χ1n) is 8.92. The topological polar surface area (TPSA) is 68.8 Å². The molecule has 0 saturated heterocycles. The Kier molecular flexibility index (Phi) is 4.28. The lowest BCUT2D eigenvalue weighted by Crippen LogP contribution is -2.37. The van der Waals surface area contributed by atoms with E-state index in [0.717, 1.165) is 42.2 Å². The van der Waals surface area contributed by atoms with Crippen molar-refractivity contribution in [3.05, 3.63) is 53.5 Å². The number of nitrogens with zero attached hydrogens (tertiary/aromatic N) is 6. The standard InChI is InChI=1S/C19H22N6O/c1-3-24-13-20-21-19(24)18-15-12-25(10-9-16(15)23(2)22-18)17(26)11-14-7-5-4-6-8-14/h4-8,13H,3,9-12H2,1-2H3. The molecule has 0 aliphatic carbocycles. The van der Waals surface area contributed by atoms with Gasteiger partial charge in [-0.15, -0.1) is 10.2 Å². The Morgan fingerprint density at radius 3 is 2.81 bits per heavy atom. The third kappa shape index (κ3) is 2.89. The molecule has 7 nitrogen and oxygen atoms in total. The van der Waals surface area contributed by atoms with Crippen molar-refractivity contribution < 1.29 is 4.79 Å². The molecule has 4 rings (SSSR count). The largest absolute Gasteiger partial charge is 0.338 e. The van der Waals surface area contributed by atoms with E-state index in [4.69, 9.17) is 0 Å². The van der Waals surface area contributed by atoms with Gasteiger partial charge in [0.25, 0.3) is 0 Å². The summed E-state index contributed by atoms with van der Waals surface area (Å²) in [6.07, 6.45) is 2.95. The lowest BCUT2D eigenvalue weighted by Gasteiger charge is -2.27. The molecule has 1 aliphatic rings. The fourth-order valence-electron chi connectivity index (χ4n) is 3.54. The van der Waals surface area contributed by atoms with Crippen LogP contribution in [-0.4, -0.2) is 41.9 Å². The Bertz CT molecular complexity index is 927. The second kappa shape index (κ2) is 6.74. The molecule has 3 heterocycles. The Balaban J connectivity index is 1.61. The molecule has 0 N–H and O–H groups in total. The number of rotatable bonds is 4. The van der Waals surface area contributed by atoms with Crippen LogP contribution in [0.1, 0.15) is 23.7 Å². The van der Waals surface area contributed by atoms with E-state index in [1.807, 2.05) is 51.5 Å². The number of amides is 1. The van der Waals surface area contributed by atoms with Gasteiger partial charge < -0.3 is 9.47 Å². The quantitative estimate of drug-likeness (QED) is 0.720. The molecule has 0 unspecified atom stereocenters. The van der Waals surface area contributed by atoms with Crippen LogP contribution in [0.15, 0.2) is 36.7 Å². The van der Waals surface area contributed by atoms with E-state index in [0.29, 0.717) is 13.0 Å². The van der Waals surface area contributed by atoms with Crippen molar-refractivity contribution in [3.63, 3.8) is 0 Å². The van der Waals surface area contributed by atoms with Gasteiger partial charge in [-0.1, -0.05) is 30.3 Å². The molecule has 1 aliphatic heterocycles. The molecular weight excluding hydrogens is 328 g/mol. The molecule has 0 fully saturated rings. The summed E-state index contributed by atoms with van der Waals surface area (Å²) in [6.45, 7) is 4.13. The van der Waals surface area contributed by atoms with Crippen molar-refractivity contribution in [2.75, 3.05) is 6.54 Å². The average molecular weight is 350 g/mol. The Morgan fingerprint density at radius 1 is 1.23 bits per heavy atom. The van der Waals surface area contributed by atoms with E-state index in [2.05, 4.69) is 22.2 Å². The van der Waals surface area contributed by atoms with Crippen molar-refractivity contribution in [2.45, 2.75) is 32.9 Å². The lowest BCUT2D eigenvalue weighted by molar-refractivity contribution is -0.131. The summed E-state index contributed by atoms with van der Waals surface area (Å²) in [7, 11) is 1.95. The summed E-state index contributed by atoms with van der Waals surface area (Å²) in [5.41, 5.74) is 4.14. The summed E-state index contributed by atoms with van der Waals surface area (Å²) >= 11 is 0.